The molecule has 2 amide bonds. The standard InChI is InChI=1S/C25H32F3N3O5S/c1-6-22(24(33)29-17(2)3)30(15-18-9-7-12-21(13-18)36-4)23(32)16-31(37(5,34)35)20-11-8-10-19(14-20)25(26,27)28/h7-14,17,22H,6,15-16H2,1-5H3,(H,29,33). The first kappa shape index (κ1) is 29.9. The minimum atomic E-state index is -4.70. The maximum Gasteiger partial charge on any atom is 0.416 e. The normalized spacial score (nSPS) is 12.7. The largest absolute Gasteiger partial charge is 0.497 e. The number of nitrogens with zero attached hydrogens (tertiary/aromatic N) is 2. The van der Waals surface area contributed by atoms with E-state index in [0.29, 0.717) is 21.7 Å². The van der Waals surface area contributed by atoms with Crippen LogP contribution in [0.25, 0.3) is 0 Å². The monoisotopic (exact) mass is 543 g/mol. The van der Waals surface area contributed by atoms with Crippen molar-refractivity contribution in [2.24, 2.45) is 0 Å². The Morgan fingerprint density at radius 3 is 2.27 bits per heavy atom. The first-order chi connectivity index (χ1) is 17.2. The Labute approximate surface area is 215 Å². The van der Waals surface area contributed by atoms with E-state index in [2.05, 4.69) is 5.32 Å². The molecule has 0 aromatic heterocycles. The Kier molecular flexibility index (Phi) is 9.96. The maximum absolute atomic E-state index is 13.6. The number of hydrogen-bond acceptors (Lipinski definition) is 5. The molecule has 0 aliphatic carbocycles. The summed E-state index contributed by atoms with van der Waals surface area (Å²) in [5.74, 6) is -0.665. The molecule has 2 rings (SSSR count). The fourth-order valence-electron chi connectivity index (χ4n) is 3.72. The Morgan fingerprint density at radius 2 is 1.73 bits per heavy atom. The minimum Gasteiger partial charge on any atom is -0.497 e. The van der Waals surface area contributed by atoms with Gasteiger partial charge in [-0.05, 0) is 56.2 Å². The number of carbonyl (C=O) groups excluding carboxylic acids is 2. The molecule has 1 atom stereocenters. The van der Waals surface area contributed by atoms with Crippen LogP contribution in [0.15, 0.2) is 48.5 Å². The zero-order chi connectivity index (χ0) is 28.0. The lowest BCUT2D eigenvalue weighted by Gasteiger charge is -2.33. The van der Waals surface area contributed by atoms with Crippen LogP contribution in [0.2, 0.25) is 0 Å². The smallest absolute Gasteiger partial charge is 0.416 e. The molecule has 2 aromatic rings. The number of rotatable bonds is 11. The number of sulfonamides is 1. The molecule has 0 saturated carbocycles. The van der Waals surface area contributed by atoms with Crippen molar-refractivity contribution in [3.05, 3.63) is 59.7 Å². The minimum absolute atomic E-state index is 0.0553. The maximum atomic E-state index is 13.6. The molecule has 1 N–H and O–H groups in total. The van der Waals surface area contributed by atoms with Crippen LogP contribution in [0.5, 0.6) is 5.75 Å². The van der Waals surface area contributed by atoms with Crippen LogP contribution in [0, 0.1) is 0 Å². The van der Waals surface area contributed by atoms with E-state index in [4.69, 9.17) is 4.74 Å². The van der Waals surface area contributed by atoms with Gasteiger partial charge < -0.3 is 15.0 Å². The van der Waals surface area contributed by atoms with E-state index in [1.807, 2.05) is 0 Å². The number of halogens is 3. The van der Waals surface area contributed by atoms with Crippen LogP contribution in [0.1, 0.15) is 38.3 Å². The summed E-state index contributed by atoms with van der Waals surface area (Å²) in [5.41, 5.74) is -0.748. The van der Waals surface area contributed by atoms with E-state index < -0.39 is 46.2 Å². The van der Waals surface area contributed by atoms with Gasteiger partial charge in [-0.3, -0.25) is 13.9 Å². The highest BCUT2D eigenvalue weighted by molar-refractivity contribution is 7.92. The van der Waals surface area contributed by atoms with Crippen molar-refractivity contribution in [1.29, 1.82) is 0 Å². The van der Waals surface area contributed by atoms with Crippen LogP contribution in [0.4, 0.5) is 18.9 Å². The number of amides is 2. The fourth-order valence-corrected chi connectivity index (χ4v) is 4.56. The van der Waals surface area contributed by atoms with Crippen molar-refractivity contribution in [1.82, 2.24) is 10.2 Å². The summed E-state index contributed by atoms with van der Waals surface area (Å²) in [6.07, 6.45) is -3.68. The second kappa shape index (κ2) is 12.3. The number of hydrogen-bond donors (Lipinski definition) is 1. The summed E-state index contributed by atoms with van der Waals surface area (Å²) in [6.45, 7) is 4.38. The summed E-state index contributed by atoms with van der Waals surface area (Å²) >= 11 is 0. The van der Waals surface area contributed by atoms with Crippen molar-refractivity contribution in [2.75, 3.05) is 24.2 Å². The van der Waals surface area contributed by atoms with Crippen LogP contribution in [0.3, 0.4) is 0 Å². The average Bonchev–Trinajstić information content (AvgIpc) is 2.80. The van der Waals surface area contributed by atoms with E-state index in [0.717, 1.165) is 18.4 Å². The van der Waals surface area contributed by atoms with Gasteiger partial charge in [-0.2, -0.15) is 13.2 Å². The van der Waals surface area contributed by atoms with Crippen LogP contribution >= 0.6 is 0 Å². The average molecular weight is 544 g/mol. The molecule has 0 saturated heterocycles. The van der Waals surface area contributed by atoms with Crippen molar-refractivity contribution < 1.29 is 35.9 Å². The molecule has 0 aliphatic rings. The molecular formula is C25H32F3N3O5S. The van der Waals surface area contributed by atoms with Gasteiger partial charge in [-0.15, -0.1) is 0 Å². The summed E-state index contributed by atoms with van der Waals surface area (Å²) in [6, 6.07) is 9.36. The molecule has 204 valence electrons. The van der Waals surface area contributed by atoms with E-state index >= 15 is 0 Å². The van der Waals surface area contributed by atoms with Crippen molar-refractivity contribution in [3.63, 3.8) is 0 Å². The number of nitrogens with one attached hydrogen (secondary N) is 1. The third kappa shape index (κ3) is 8.38. The Morgan fingerprint density at radius 1 is 1.08 bits per heavy atom. The van der Waals surface area contributed by atoms with Gasteiger partial charge in [0.15, 0.2) is 0 Å². The number of carbonyl (C=O) groups is 2. The zero-order valence-corrected chi connectivity index (χ0v) is 22.2. The van der Waals surface area contributed by atoms with Gasteiger partial charge in [0.1, 0.15) is 18.3 Å². The lowest BCUT2D eigenvalue weighted by atomic mass is 10.1. The van der Waals surface area contributed by atoms with Crippen LogP contribution < -0.4 is 14.4 Å². The molecule has 8 nitrogen and oxygen atoms in total. The topological polar surface area (TPSA) is 96.0 Å². The highest BCUT2D eigenvalue weighted by atomic mass is 32.2. The predicted molar refractivity (Wildman–Crippen MR) is 135 cm³/mol. The number of ether oxygens (including phenoxy) is 1. The molecule has 0 spiro atoms. The Hall–Kier alpha value is -3.28. The van der Waals surface area contributed by atoms with E-state index in [1.165, 1.54) is 18.1 Å². The quantitative estimate of drug-likeness (QED) is 0.465. The summed E-state index contributed by atoms with van der Waals surface area (Å²) < 4.78 is 70.8. The lowest BCUT2D eigenvalue weighted by Crippen LogP contribution is -2.53. The predicted octanol–water partition coefficient (Wildman–Crippen LogP) is 3.81. The van der Waals surface area contributed by atoms with Gasteiger partial charge in [0.25, 0.3) is 0 Å². The van der Waals surface area contributed by atoms with Crippen molar-refractivity contribution in [2.45, 2.75) is 52.0 Å². The molecule has 0 radical (unpaired) electrons. The molecule has 12 heteroatoms. The highest BCUT2D eigenvalue weighted by Crippen LogP contribution is 2.32. The van der Waals surface area contributed by atoms with Crippen LogP contribution in [-0.4, -0.2) is 57.1 Å². The SMILES string of the molecule is CCC(C(=O)NC(C)C)N(Cc1cccc(OC)c1)C(=O)CN(c1cccc(C(F)(F)F)c1)S(C)(=O)=O. The first-order valence-electron chi connectivity index (χ1n) is 11.5. The number of alkyl halides is 3. The second-order valence-corrected chi connectivity index (χ2v) is 10.7. The zero-order valence-electron chi connectivity index (χ0n) is 21.4. The fraction of sp³-hybridized carbons (Fsp3) is 0.440. The van der Waals surface area contributed by atoms with E-state index in [9.17, 15) is 31.2 Å². The molecular weight excluding hydrogens is 511 g/mol. The third-order valence-electron chi connectivity index (χ3n) is 5.44. The van der Waals surface area contributed by atoms with Gasteiger partial charge in [0.05, 0.1) is 24.6 Å². The number of anilines is 1. The molecule has 0 fully saturated rings. The van der Waals surface area contributed by atoms with Gasteiger partial charge in [0, 0.05) is 12.6 Å². The highest BCUT2D eigenvalue weighted by Gasteiger charge is 2.34. The molecule has 1 unspecified atom stereocenters. The van der Waals surface area contributed by atoms with Gasteiger partial charge >= 0.3 is 6.18 Å². The Bertz CT molecular complexity index is 1200. The van der Waals surface area contributed by atoms with E-state index in [1.54, 1.807) is 45.0 Å². The molecule has 37 heavy (non-hydrogen) atoms. The van der Waals surface area contributed by atoms with Gasteiger partial charge in [-0.1, -0.05) is 25.1 Å². The van der Waals surface area contributed by atoms with Gasteiger partial charge in [0.2, 0.25) is 21.8 Å². The molecule has 0 aliphatic heterocycles. The van der Waals surface area contributed by atoms with Crippen molar-refractivity contribution >= 4 is 27.5 Å². The summed E-state index contributed by atoms with van der Waals surface area (Å²) in [5, 5.41) is 2.76. The second-order valence-electron chi connectivity index (χ2n) is 8.78. The summed E-state index contributed by atoms with van der Waals surface area (Å²) in [4.78, 5) is 27.8. The van der Waals surface area contributed by atoms with Gasteiger partial charge in [-0.25, -0.2) is 8.42 Å². The number of methoxy groups -OCH3 is 1. The number of benzene rings is 2. The first-order valence-corrected chi connectivity index (χ1v) is 13.4. The summed E-state index contributed by atoms with van der Waals surface area (Å²) in [7, 11) is -2.69. The molecule has 2 aromatic carbocycles. The Balaban J connectivity index is 2.51. The molecule has 0 heterocycles. The van der Waals surface area contributed by atoms with Crippen LogP contribution in [-0.2, 0) is 32.3 Å². The van der Waals surface area contributed by atoms with E-state index in [-0.39, 0.29) is 24.7 Å². The third-order valence-corrected chi connectivity index (χ3v) is 6.59. The molecule has 0 bridgehead atoms. The lowest BCUT2D eigenvalue weighted by molar-refractivity contribution is -0.140. The van der Waals surface area contributed by atoms with Crippen molar-refractivity contribution in [3.8, 4) is 5.75 Å².